The third-order valence-corrected chi connectivity index (χ3v) is 5.80. The Kier molecular flexibility index (Phi) is 15.8. The monoisotopic (exact) mass is 462 g/mol. The van der Waals surface area contributed by atoms with Crippen LogP contribution >= 0.6 is 15.2 Å². The van der Waals surface area contributed by atoms with Crippen LogP contribution in [0.5, 0.6) is 0 Å². The van der Waals surface area contributed by atoms with Crippen molar-refractivity contribution in [2.75, 3.05) is 6.61 Å². The van der Waals surface area contributed by atoms with E-state index in [0.29, 0.717) is 19.3 Å². The van der Waals surface area contributed by atoms with Crippen molar-refractivity contribution in [2.24, 2.45) is 11.6 Å². The summed E-state index contributed by atoms with van der Waals surface area (Å²) in [5, 5.41) is 0. The molecule has 2 atom stereocenters. The summed E-state index contributed by atoms with van der Waals surface area (Å²) in [5.74, 6) is 4.61. The van der Waals surface area contributed by atoms with Gasteiger partial charge in [-0.05, 0) is 39.0 Å². The van der Waals surface area contributed by atoms with E-state index in [4.69, 9.17) is 14.5 Å². The van der Waals surface area contributed by atoms with Gasteiger partial charge in [0.2, 0.25) is 0 Å². The molecule has 0 rings (SSSR count). The van der Waals surface area contributed by atoms with Crippen molar-refractivity contribution < 1.29 is 42.4 Å². The van der Waals surface area contributed by atoms with Gasteiger partial charge in [0.25, 0.3) is 0 Å². The molecule has 0 spiro atoms. The molecule has 0 radical (unpaired) electrons. The van der Waals surface area contributed by atoms with Gasteiger partial charge in [0.15, 0.2) is 0 Å². The molecule has 0 aliphatic heterocycles. The molecule has 0 aromatic carbocycles. The van der Waals surface area contributed by atoms with Crippen molar-refractivity contribution in [3.8, 4) is 0 Å². The van der Waals surface area contributed by atoms with E-state index in [1.807, 2.05) is 20.8 Å². The highest BCUT2D eigenvalue weighted by Gasteiger charge is 2.38. The van der Waals surface area contributed by atoms with Crippen LogP contribution in [0.25, 0.3) is 0 Å². The number of carbonyl (C=O) groups excluding carboxylic acids is 2. The molecule has 174 valence electrons. The Balaban J connectivity index is 0. The summed E-state index contributed by atoms with van der Waals surface area (Å²) in [7, 11) is -8.66. The number of ether oxygens (including phenoxy) is 1. The van der Waals surface area contributed by atoms with Gasteiger partial charge in [0, 0.05) is 0 Å². The maximum Gasteiger partial charge on any atom is 0.451 e. The van der Waals surface area contributed by atoms with Crippen LogP contribution in [-0.4, -0.2) is 33.4 Å². The molecule has 6 N–H and O–H groups in total. The molecule has 0 aromatic rings. The average Bonchev–Trinajstić information content (AvgIpc) is 2.65. The van der Waals surface area contributed by atoms with Crippen LogP contribution in [0.15, 0.2) is 0 Å². The smallest absolute Gasteiger partial charge is 0.450 e. The minimum Gasteiger partial charge on any atom is -0.450 e. The molecule has 1 amide bonds. The molecule has 0 fully saturated rings. The van der Waals surface area contributed by atoms with Crippen LogP contribution < -0.4 is 11.6 Å². The molecule has 0 aromatic heterocycles. The quantitative estimate of drug-likeness (QED) is 0.163. The molecule has 0 saturated carbocycles. The Morgan fingerprint density at radius 1 is 0.931 bits per heavy atom. The maximum atomic E-state index is 11.5. The third-order valence-electron chi connectivity index (χ3n) is 3.87. The molecular weight excluding hydrogens is 426 g/mol. The number of rotatable bonds is 14. The lowest BCUT2D eigenvalue weighted by molar-refractivity contribution is 0.0195. The molecular formula is C16H36N2O9P2. The fraction of sp³-hybridized carbons (Fsp3) is 0.875. The fourth-order valence-corrected chi connectivity index (χ4v) is 2.96. The number of hydrogen-bond donors (Lipinski definition) is 4. The van der Waals surface area contributed by atoms with Gasteiger partial charge in [-0.25, -0.2) is 24.4 Å². The average molecular weight is 462 g/mol. The van der Waals surface area contributed by atoms with Gasteiger partial charge in [-0.15, -0.1) is 0 Å². The Morgan fingerprint density at radius 2 is 1.38 bits per heavy atom. The van der Waals surface area contributed by atoms with E-state index in [9.17, 15) is 18.7 Å². The predicted octanol–water partition coefficient (Wildman–Crippen LogP) is 4.41. The molecule has 0 aliphatic carbocycles. The lowest BCUT2D eigenvalue weighted by Crippen LogP contribution is -2.31. The van der Waals surface area contributed by atoms with Gasteiger partial charge >= 0.3 is 26.6 Å². The van der Waals surface area contributed by atoms with Gasteiger partial charge in [-0.2, -0.15) is 0 Å². The number of hydrogen-bond acceptors (Lipinski definition) is 8. The Hall–Kier alpha value is -0.800. The van der Waals surface area contributed by atoms with Crippen LogP contribution in [0.3, 0.4) is 0 Å². The van der Waals surface area contributed by atoms with E-state index in [-0.39, 0.29) is 6.61 Å². The molecule has 13 heteroatoms. The van der Waals surface area contributed by atoms with E-state index in [1.165, 1.54) is 0 Å². The first-order chi connectivity index (χ1) is 13.3. The molecule has 29 heavy (non-hydrogen) atoms. The second kappa shape index (κ2) is 15.1. The fourth-order valence-electron chi connectivity index (χ4n) is 2.04. The number of carbonyl (C=O) groups is 2. The SMILES string of the molecule is CCCCC(C)(CCCC)OC(=O)P(=O)(O)ON.CCCCOP(=O)(O)C(N)=O. The Labute approximate surface area is 172 Å². The number of primary amides is 1. The number of unbranched alkanes of at least 4 members (excludes halogenated alkanes) is 3. The maximum absolute atomic E-state index is 11.5. The first-order valence-corrected chi connectivity index (χ1v) is 12.7. The largest absolute Gasteiger partial charge is 0.451 e. The van der Waals surface area contributed by atoms with Crippen molar-refractivity contribution in [3.63, 3.8) is 0 Å². The first kappa shape index (κ1) is 30.4. The Morgan fingerprint density at radius 3 is 1.72 bits per heavy atom. The minimum atomic E-state index is -4.51. The van der Waals surface area contributed by atoms with E-state index in [0.717, 1.165) is 32.1 Å². The highest BCUT2D eigenvalue weighted by atomic mass is 31.2. The van der Waals surface area contributed by atoms with Crippen molar-refractivity contribution in [1.29, 1.82) is 0 Å². The summed E-state index contributed by atoms with van der Waals surface area (Å²) >= 11 is 0. The third kappa shape index (κ3) is 13.9. The summed E-state index contributed by atoms with van der Waals surface area (Å²) in [6.45, 7) is 7.82. The van der Waals surface area contributed by atoms with Gasteiger partial charge < -0.3 is 24.8 Å². The van der Waals surface area contributed by atoms with Crippen molar-refractivity contribution in [1.82, 2.24) is 0 Å². The van der Waals surface area contributed by atoms with E-state index < -0.39 is 32.2 Å². The second-order valence-corrected chi connectivity index (χ2v) is 10.1. The van der Waals surface area contributed by atoms with E-state index in [2.05, 4.69) is 20.8 Å². The lowest BCUT2D eigenvalue weighted by atomic mass is 9.93. The molecule has 0 saturated heterocycles. The summed E-state index contributed by atoms with van der Waals surface area (Å²) in [5.41, 5.74) is 1.26. The van der Waals surface area contributed by atoms with Gasteiger partial charge in [0.05, 0.1) is 6.61 Å². The van der Waals surface area contributed by atoms with Gasteiger partial charge in [-0.3, -0.25) is 4.79 Å². The number of amides is 1. The molecule has 0 heterocycles. The summed E-state index contributed by atoms with van der Waals surface area (Å²) in [6.07, 6.45) is 6.46. The van der Waals surface area contributed by atoms with Crippen LogP contribution in [0, 0.1) is 0 Å². The van der Waals surface area contributed by atoms with Crippen LogP contribution in [-0.2, 0) is 23.0 Å². The van der Waals surface area contributed by atoms with Crippen molar-refractivity contribution >= 4 is 26.6 Å². The highest BCUT2D eigenvalue weighted by molar-refractivity contribution is 7.70. The Bertz CT molecular complexity index is 579. The van der Waals surface area contributed by atoms with Crippen LogP contribution in [0.4, 0.5) is 9.59 Å². The first-order valence-electron chi connectivity index (χ1n) is 9.54. The van der Waals surface area contributed by atoms with E-state index >= 15 is 0 Å². The van der Waals surface area contributed by atoms with Crippen LogP contribution in [0.2, 0.25) is 0 Å². The molecule has 0 aliphatic rings. The summed E-state index contributed by atoms with van der Waals surface area (Å²) in [6, 6.07) is 0. The van der Waals surface area contributed by atoms with Crippen molar-refractivity contribution in [2.45, 2.75) is 84.7 Å². The topological polar surface area (TPSA) is 188 Å². The van der Waals surface area contributed by atoms with Gasteiger partial charge in [0.1, 0.15) is 5.60 Å². The zero-order valence-corrected chi connectivity index (χ0v) is 19.5. The normalized spacial score (nSPS) is 15.4. The minimum absolute atomic E-state index is 0.0905. The number of nitrogens with two attached hydrogens (primary N) is 2. The molecule has 0 bridgehead atoms. The molecule has 11 nitrogen and oxygen atoms in total. The second-order valence-electron chi connectivity index (χ2n) is 6.70. The van der Waals surface area contributed by atoms with Gasteiger partial charge in [-0.1, -0.05) is 40.0 Å². The van der Waals surface area contributed by atoms with Crippen LogP contribution in [0.1, 0.15) is 79.1 Å². The standard InChI is InChI=1S/C11H24NO5P.C5H12NO4P/c1-4-6-8-11(3,9-7-5-2)16-10(13)18(14,15)17-12;1-2-3-4-10-11(8,9)5(6)7/h4-9,12H2,1-3H3,(H,14,15);2-4H2,1H3,(H2,6,7)(H,8,9). The highest BCUT2D eigenvalue weighted by Crippen LogP contribution is 2.44. The summed E-state index contributed by atoms with van der Waals surface area (Å²) in [4.78, 5) is 39.5. The van der Waals surface area contributed by atoms with Crippen molar-refractivity contribution in [3.05, 3.63) is 0 Å². The molecule has 2 unspecified atom stereocenters. The lowest BCUT2D eigenvalue weighted by Gasteiger charge is -2.30. The summed E-state index contributed by atoms with van der Waals surface area (Å²) < 4.78 is 35.2. The van der Waals surface area contributed by atoms with E-state index in [1.54, 1.807) is 6.92 Å². The zero-order valence-electron chi connectivity index (χ0n) is 17.7. The predicted molar refractivity (Wildman–Crippen MR) is 109 cm³/mol. The zero-order chi connectivity index (χ0) is 23.1.